The molecule has 24 heavy (non-hydrogen) atoms. The summed E-state index contributed by atoms with van der Waals surface area (Å²) in [5.41, 5.74) is 1.33. The van der Waals surface area contributed by atoms with Crippen LogP contribution in [0.3, 0.4) is 0 Å². The molecular weight excluding hydrogens is 306 g/mol. The highest BCUT2D eigenvalue weighted by Gasteiger charge is 2.28. The topological polar surface area (TPSA) is 71.5 Å². The number of nitriles is 1. The van der Waals surface area contributed by atoms with E-state index in [0.717, 1.165) is 11.3 Å². The van der Waals surface area contributed by atoms with Crippen LogP contribution >= 0.6 is 0 Å². The van der Waals surface area contributed by atoms with Crippen molar-refractivity contribution in [1.82, 2.24) is 4.98 Å². The van der Waals surface area contributed by atoms with Crippen LogP contribution in [0.2, 0.25) is 0 Å². The van der Waals surface area contributed by atoms with Crippen LogP contribution in [0.5, 0.6) is 5.75 Å². The van der Waals surface area contributed by atoms with Gasteiger partial charge in [-0.25, -0.2) is 0 Å². The number of aryl methyl sites for hydroxylation is 1. The van der Waals surface area contributed by atoms with Crippen molar-refractivity contribution in [2.45, 2.75) is 39.6 Å². The lowest BCUT2D eigenvalue weighted by molar-refractivity contribution is -0.00651. The predicted molar refractivity (Wildman–Crippen MR) is 89.0 cm³/mol. The molecule has 0 aliphatic carbocycles. The number of hydrogen-bond acceptors (Lipinski definition) is 6. The van der Waals surface area contributed by atoms with E-state index in [2.05, 4.69) is 11.1 Å². The van der Waals surface area contributed by atoms with Crippen LogP contribution in [-0.4, -0.2) is 30.3 Å². The molecule has 1 saturated heterocycles. The van der Waals surface area contributed by atoms with Gasteiger partial charge in [0.05, 0.1) is 12.2 Å². The Hall–Kier alpha value is -2.52. The molecule has 1 aliphatic heterocycles. The van der Waals surface area contributed by atoms with Crippen LogP contribution in [0, 0.1) is 18.3 Å². The van der Waals surface area contributed by atoms with E-state index in [-0.39, 0.29) is 18.8 Å². The van der Waals surface area contributed by atoms with Crippen LogP contribution in [0.15, 0.2) is 28.7 Å². The molecule has 1 fully saturated rings. The van der Waals surface area contributed by atoms with Crippen LogP contribution in [0.4, 0.5) is 5.88 Å². The average Bonchev–Trinajstić information content (AvgIpc) is 2.96. The van der Waals surface area contributed by atoms with Gasteiger partial charge in [0.25, 0.3) is 0 Å². The van der Waals surface area contributed by atoms with E-state index in [1.807, 2.05) is 49.9 Å². The Labute approximate surface area is 141 Å². The maximum Gasteiger partial charge on any atom is 0.236 e. The number of aromatic nitrogens is 1. The standard InChI is InChI=1S/C18H21N3O3/c1-12-6-4-5-7-16(12)22-11-17-20-15(8-19)18(24-17)21-9-13(2)23-14(3)10-21/h4-7,13-14H,9-11H2,1-3H3/t13-,14-/m1/s1. The third-order valence-corrected chi connectivity index (χ3v) is 3.91. The molecule has 0 bridgehead atoms. The number of ether oxygens (including phenoxy) is 2. The second kappa shape index (κ2) is 6.93. The number of morpholine rings is 1. The maximum atomic E-state index is 9.35. The lowest BCUT2D eigenvalue weighted by atomic mass is 10.2. The summed E-state index contributed by atoms with van der Waals surface area (Å²) in [4.78, 5) is 6.28. The van der Waals surface area contributed by atoms with Crippen LogP contribution in [0.1, 0.15) is 31.0 Å². The van der Waals surface area contributed by atoms with Crippen molar-refractivity contribution in [3.05, 3.63) is 41.4 Å². The Kier molecular flexibility index (Phi) is 4.72. The first-order valence-electron chi connectivity index (χ1n) is 8.05. The average molecular weight is 327 g/mol. The number of hydrogen-bond donors (Lipinski definition) is 0. The van der Waals surface area contributed by atoms with Gasteiger partial charge in [-0.1, -0.05) is 18.2 Å². The molecule has 0 saturated carbocycles. The van der Waals surface area contributed by atoms with Crippen molar-refractivity contribution in [3.63, 3.8) is 0 Å². The Bertz CT molecular complexity index is 740. The summed E-state index contributed by atoms with van der Waals surface area (Å²) in [6.45, 7) is 7.53. The summed E-state index contributed by atoms with van der Waals surface area (Å²) < 4.78 is 17.3. The van der Waals surface area contributed by atoms with Gasteiger partial charge >= 0.3 is 0 Å². The van der Waals surface area contributed by atoms with Gasteiger partial charge in [-0.15, -0.1) is 0 Å². The molecule has 2 atom stereocenters. The number of nitrogens with zero attached hydrogens (tertiary/aromatic N) is 3. The largest absolute Gasteiger partial charge is 0.484 e. The minimum atomic E-state index is 0.0806. The quantitative estimate of drug-likeness (QED) is 0.859. The summed E-state index contributed by atoms with van der Waals surface area (Å²) >= 11 is 0. The summed E-state index contributed by atoms with van der Waals surface area (Å²) in [6, 6.07) is 9.86. The Morgan fingerprint density at radius 2 is 2.00 bits per heavy atom. The molecule has 1 aromatic carbocycles. The highest BCUT2D eigenvalue weighted by atomic mass is 16.5. The molecule has 0 amide bonds. The smallest absolute Gasteiger partial charge is 0.236 e. The number of para-hydroxylation sites is 1. The van der Waals surface area contributed by atoms with E-state index >= 15 is 0 Å². The molecule has 1 aliphatic rings. The van der Waals surface area contributed by atoms with E-state index in [0.29, 0.717) is 30.6 Å². The zero-order valence-electron chi connectivity index (χ0n) is 14.2. The second-order valence-corrected chi connectivity index (χ2v) is 6.09. The van der Waals surface area contributed by atoms with Gasteiger partial charge in [-0.3, -0.25) is 0 Å². The van der Waals surface area contributed by atoms with E-state index in [4.69, 9.17) is 13.9 Å². The van der Waals surface area contributed by atoms with Crippen LogP contribution < -0.4 is 9.64 Å². The van der Waals surface area contributed by atoms with E-state index < -0.39 is 0 Å². The van der Waals surface area contributed by atoms with Gasteiger partial charge in [0.2, 0.25) is 17.5 Å². The Morgan fingerprint density at radius 3 is 2.67 bits per heavy atom. The molecule has 2 heterocycles. The van der Waals surface area contributed by atoms with Crippen molar-refractivity contribution in [2.75, 3.05) is 18.0 Å². The Balaban J connectivity index is 1.76. The van der Waals surface area contributed by atoms with Gasteiger partial charge in [-0.2, -0.15) is 10.2 Å². The van der Waals surface area contributed by atoms with Crippen molar-refractivity contribution in [3.8, 4) is 11.8 Å². The first-order valence-corrected chi connectivity index (χ1v) is 8.05. The highest BCUT2D eigenvalue weighted by Crippen LogP contribution is 2.26. The fourth-order valence-corrected chi connectivity index (χ4v) is 2.91. The maximum absolute atomic E-state index is 9.35. The van der Waals surface area contributed by atoms with Gasteiger partial charge in [0, 0.05) is 13.1 Å². The Morgan fingerprint density at radius 1 is 1.29 bits per heavy atom. The summed E-state index contributed by atoms with van der Waals surface area (Å²) in [5.74, 6) is 1.68. The molecule has 6 heteroatoms. The lowest BCUT2D eigenvalue weighted by Gasteiger charge is -2.34. The zero-order chi connectivity index (χ0) is 17.1. The van der Waals surface area contributed by atoms with Crippen molar-refractivity contribution in [1.29, 1.82) is 5.26 Å². The van der Waals surface area contributed by atoms with E-state index in [9.17, 15) is 5.26 Å². The summed E-state index contributed by atoms with van der Waals surface area (Å²) in [6.07, 6.45) is 0.161. The predicted octanol–water partition coefficient (Wildman–Crippen LogP) is 3.05. The third kappa shape index (κ3) is 3.52. The van der Waals surface area contributed by atoms with Gasteiger partial charge in [0.1, 0.15) is 11.8 Å². The molecular formula is C18H21N3O3. The minimum absolute atomic E-state index is 0.0806. The van der Waals surface area contributed by atoms with Gasteiger partial charge in [0.15, 0.2) is 6.61 Å². The molecule has 1 aromatic heterocycles. The van der Waals surface area contributed by atoms with Crippen LogP contribution in [0.25, 0.3) is 0 Å². The van der Waals surface area contributed by atoms with Crippen molar-refractivity contribution < 1.29 is 13.9 Å². The van der Waals surface area contributed by atoms with Gasteiger partial charge < -0.3 is 18.8 Å². The number of benzene rings is 1. The van der Waals surface area contributed by atoms with Crippen molar-refractivity contribution in [2.24, 2.45) is 0 Å². The molecule has 6 nitrogen and oxygen atoms in total. The van der Waals surface area contributed by atoms with E-state index in [1.54, 1.807) is 0 Å². The second-order valence-electron chi connectivity index (χ2n) is 6.09. The molecule has 2 aromatic rings. The number of oxazole rings is 1. The minimum Gasteiger partial charge on any atom is -0.484 e. The summed E-state index contributed by atoms with van der Waals surface area (Å²) in [5, 5.41) is 9.35. The monoisotopic (exact) mass is 327 g/mol. The summed E-state index contributed by atoms with van der Waals surface area (Å²) in [7, 11) is 0. The molecule has 0 N–H and O–H groups in total. The normalized spacial score (nSPS) is 20.7. The van der Waals surface area contributed by atoms with Gasteiger partial charge in [-0.05, 0) is 32.4 Å². The first kappa shape index (κ1) is 16.3. The molecule has 3 rings (SSSR count). The lowest BCUT2D eigenvalue weighted by Crippen LogP contribution is -2.45. The van der Waals surface area contributed by atoms with Crippen molar-refractivity contribution >= 4 is 5.88 Å². The zero-order valence-corrected chi connectivity index (χ0v) is 14.2. The first-order chi connectivity index (χ1) is 11.6. The number of anilines is 1. The molecule has 0 spiro atoms. The van der Waals surface area contributed by atoms with Crippen LogP contribution in [-0.2, 0) is 11.3 Å². The molecule has 0 radical (unpaired) electrons. The molecule has 126 valence electrons. The fourth-order valence-electron chi connectivity index (χ4n) is 2.91. The SMILES string of the molecule is Cc1ccccc1OCc1nc(C#N)c(N2C[C@@H](C)O[C@H](C)C2)o1. The highest BCUT2D eigenvalue weighted by molar-refractivity contribution is 5.48. The molecule has 0 unspecified atom stereocenters. The third-order valence-electron chi connectivity index (χ3n) is 3.91. The number of rotatable bonds is 4. The van der Waals surface area contributed by atoms with E-state index in [1.165, 1.54) is 0 Å². The fraction of sp³-hybridized carbons (Fsp3) is 0.444.